The van der Waals surface area contributed by atoms with Gasteiger partial charge in [-0.1, -0.05) is 81.4 Å². The van der Waals surface area contributed by atoms with Gasteiger partial charge >= 0.3 is 0 Å². The maximum atomic E-state index is 5.86. The van der Waals surface area contributed by atoms with Crippen molar-refractivity contribution < 1.29 is 0 Å². The molecule has 0 aliphatic carbocycles. The van der Waals surface area contributed by atoms with Gasteiger partial charge in [-0.05, 0) is 69.6 Å². The van der Waals surface area contributed by atoms with Crippen molar-refractivity contribution in [1.82, 2.24) is 25.5 Å². The van der Waals surface area contributed by atoms with E-state index in [1.165, 1.54) is 16.3 Å². The summed E-state index contributed by atoms with van der Waals surface area (Å²) < 4.78 is 2.00. The van der Waals surface area contributed by atoms with E-state index in [1.54, 1.807) is 0 Å². The summed E-state index contributed by atoms with van der Waals surface area (Å²) in [5.74, 6) is 0.819. The van der Waals surface area contributed by atoms with Crippen molar-refractivity contribution in [2.24, 2.45) is 11.1 Å². The molecule has 1 aromatic heterocycles. The number of aromatic nitrogens is 4. The Morgan fingerprint density at radius 3 is 2.35 bits per heavy atom. The van der Waals surface area contributed by atoms with Gasteiger partial charge in [0.1, 0.15) is 0 Å². The molecule has 0 aliphatic heterocycles. The van der Waals surface area contributed by atoms with Crippen LogP contribution in [0.15, 0.2) is 66.7 Å². The van der Waals surface area contributed by atoms with Crippen LogP contribution >= 0.6 is 0 Å². The van der Waals surface area contributed by atoms with E-state index in [1.807, 2.05) is 4.68 Å². The predicted molar refractivity (Wildman–Crippen MR) is 138 cm³/mol. The van der Waals surface area contributed by atoms with Gasteiger partial charge < -0.3 is 5.73 Å². The Morgan fingerprint density at radius 1 is 0.882 bits per heavy atom. The third-order valence-electron chi connectivity index (χ3n) is 6.13. The minimum Gasteiger partial charge on any atom is -0.326 e. The SMILES string of the molecule is CC(C)(C)CC(C)(C)n1nnnc1C(NCc1cccc(CN)c1)c1ccc2ccccc2c1. The second kappa shape index (κ2) is 9.65. The highest BCUT2D eigenvalue weighted by atomic mass is 15.6. The Morgan fingerprint density at radius 2 is 1.62 bits per heavy atom. The molecule has 1 heterocycles. The number of tetrazole rings is 1. The predicted octanol–water partition coefficient (Wildman–Crippen LogP) is 5.34. The Kier molecular flexibility index (Phi) is 6.82. The lowest BCUT2D eigenvalue weighted by Gasteiger charge is -2.34. The summed E-state index contributed by atoms with van der Waals surface area (Å²) in [4.78, 5) is 0. The van der Waals surface area contributed by atoms with Gasteiger partial charge in [0.2, 0.25) is 0 Å². The molecule has 0 spiro atoms. The zero-order valence-electron chi connectivity index (χ0n) is 20.9. The lowest BCUT2D eigenvalue weighted by molar-refractivity contribution is 0.188. The van der Waals surface area contributed by atoms with Crippen molar-refractivity contribution >= 4 is 10.8 Å². The Balaban J connectivity index is 1.74. The van der Waals surface area contributed by atoms with Crippen molar-refractivity contribution in [3.63, 3.8) is 0 Å². The van der Waals surface area contributed by atoms with Gasteiger partial charge in [0.25, 0.3) is 0 Å². The van der Waals surface area contributed by atoms with Crippen molar-refractivity contribution in [2.75, 3.05) is 0 Å². The van der Waals surface area contributed by atoms with Crippen LogP contribution in [-0.4, -0.2) is 20.2 Å². The Labute approximate surface area is 202 Å². The number of hydrogen-bond acceptors (Lipinski definition) is 5. The van der Waals surface area contributed by atoms with Crippen molar-refractivity contribution in [1.29, 1.82) is 0 Å². The standard InChI is InChI=1S/C28H36N6/c1-27(2,3)19-28(4,5)34-26(31-32-33-34)25(30-18-21-10-8-9-20(15-21)17-29)24-14-13-22-11-6-7-12-23(22)16-24/h6-16,25,30H,17-19,29H2,1-5H3. The minimum atomic E-state index is -0.243. The lowest BCUT2D eigenvalue weighted by Crippen LogP contribution is -2.36. The van der Waals surface area contributed by atoms with Crippen LogP contribution in [0.25, 0.3) is 10.8 Å². The summed E-state index contributed by atoms with van der Waals surface area (Å²) in [6.07, 6.45) is 0.945. The maximum Gasteiger partial charge on any atom is 0.173 e. The number of nitrogens with zero attached hydrogens (tertiary/aromatic N) is 4. The molecular weight excluding hydrogens is 420 g/mol. The molecule has 6 nitrogen and oxygen atoms in total. The molecule has 0 amide bonds. The van der Waals surface area contributed by atoms with Crippen LogP contribution < -0.4 is 11.1 Å². The monoisotopic (exact) mass is 456 g/mol. The number of nitrogens with two attached hydrogens (primary N) is 1. The largest absolute Gasteiger partial charge is 0.326 e. The molecule has 0 aliphatic rings. The zero-order chi connectivity index (χ0) is 24.3. The smallest absolute Gasteiger partial charge is 0.173 e. The maximum absolute atomic E-state index is 5.86. The number of hydrogen-bond donors (Lipinski definition) is 2. The third-order valence-corrected chi connectivity index (χ3v) is 6.13. The fourth-order valence-corrected chi connectivity index (χ4v) is 5.01. The molecule has 6 heteroatoms. The highest BCUT2D eigenvalue weighted by Gasteiger charge is 2.33. The molecule has 4 rings (SSSR count). The average Bonchev–Trinajstić information content (AvgIpc) is 3.28. The van der Waals surface area contributed by atoms with Crippen LogP contribution in [0.4, 0.5) is 0 Å². The van der Waals surface area contributed by atoms with E-state index in [0.29, 0.717) is 13.1 Å². The first-order chi connectivity index (χ1) is 16.2. The van der Waals surface area contributed by atoms with Crippen LogP contribution in [0.2, 0.25) is 0 Å². The van der Waals surface area contributed by atoms with Crippen LogP contribution in [0.3, 0.4) is 0 Å². The van der Waals surface area contributed by atoms with Gasteiger partial charge in [-0.3, -0.25) is 5.32 Å². The molecule has 3 aromatic carbocycles. The molecular formula is C28H36N6. The molecule has 0 saturated carbocycles. The molecule has 0 fully saturated rings. The highest BCUT2D eigenvalue weighted by molar-refractivity contribution is 5.83. The van der Waals surface area contributed by atoms with Crippen LogP contribution in [0.5, 0.6) is 0 Å². The van der Waals surface area contributed by atoms with E-state index in [-0.39, 0.29) is 17.0 Å². The fourth-order valence-electron chi connectivity index (χ4n) is 5.01. The highest BCUT2D eigenvalue weighted by Crippen LogP contribution is 2.34. The first kappa shape index (κ1) is 24.0. The van der Waals surface area contributed by atoms with Gasteiger partial charge in [0.15, 0.2) is 5.82 Å². The minimum absolute atomic E-state index is 0.140. The molecule has 0 radical (unpaired) electrons. The summed E-state index contributed by atoms with van der Waals surface area (Å²) in [6.45, 7) is 12.4. The molecule has 1 unspecified atom stereocenters. The second-order valence-electron chi connectivity index (χ2n) is 10.9. The van der Waals surface area contributed by atoms with E-state index in [9.17, 15) is 0 Å². The summed E-state index contributed by atoms with van der Waals surface area (Å²) in [5.41, 5.74) is 9.20. The molecule has 1 atom stereocenters. The lowest BCUT2D eigenvalue weighted by atomic mass is 9.81. The summed E-state index contributed by atoms with van der Waals surface area (Å²) in [7, 11) is 0. The van der Waals surface area contributed by atoms with Crippen molar-refractivity contribution in [3.05, 3.63) is 89.2 Å². The molecule has 34 heavy (non-hydrogen) atoms. The molecule has 0 saturated heterocycles. The van der Waals surface area contributed by atoms with Crippen molar-refractivity contribution in [3.8, 4) is 0 Å². The van der Waals surface area contributed by atoms with Crippen LogP contribution in [0.1, 0.15) is 69.6 Å². The van der Waals surface area contributed by atoms with Crippen molar-refractivity contribution in [2.45, 2.75) is 65.7 Å². The van der Waals surface area contributed by atoms with E-state index in [0.717, 1.165) is 23.4 Å². The Bertz CT molecular complexity index is 1250. The van der Waals surface area contributed by atoms with Gasteiger partial charge in [0.05, 0.1) is 11.6 Å². The number of rotatable bonds is 8. The van der Waals surface area contributed by atoms with Gasteiger partial charge in [-0.25, -0.2) is 4.68 Å². The Hall–Kier alpha value is -3.09. The van der Waals surface area contributed by atoms with Gasteiger partial charge in [0, 0.05) is 13.1 Å². The summed E-state index contributed by atoms with van der Waals surface area (Å²) in [5, 5.41) is 19.3. The third kappa shape index (κ3) is 5.51. The zero-order valence-corrected chi connectivity index (χ0v) is 20.9. The topological polar surface area (TPSA) is 81.7 Å². The number of benzene rings is 3. The fraction of sp³-hybridized carbons (Fsp3) is 0.393. The van der Waals surface area contributed by atoms with E-state index >= 15 is 0 Å². The molecule has 3 N–H and O–H groups in total. The van der Waals surface area contributed by atoms with E-state index < -0.39 is 0 Å². The quantitative estimate of drug-likeness (QED) is 0.374. The van der Waals surface area contributed by atoms with Crippen LogP contribution in [-0.2, 0) is 18.6 Å². The summed E-state index contributed by atoms with van der Waals surface area (Å²) in [6, 6.07) is 23.2. The normalized spacial score (nSPS) is 13.4. The number of fused-ring (bicyclic) bond motifs is 1. The molecule has 178 valence electrons. The van der Waals surface area contributed by atoms with E-state index in [2.05, 4.69) is 122 Å². The second-order valence-corrected chi connectivity index (χ2v) is 10.9. The first-order valence-corrected chi connectivity index (χ1v) is 11.9. The summed E-state index contributed by atoms with van der Waals surface area (Å²) >= 11 is 0. The molecule has 0 bridgehead atoms. The van der Waals surface area contributed by atoms with Gasteiger partial charge in [-0.2, -0.15) is 0 Å². The van der Waals surface area contributed by atoms with E-state index in [4.69, 9.17) is 5.73 Å². The first-order valence-electron chi connectivity index (χ1n) is 11.9. The van der Waals surface area contributed by atoms with Gasteiger partial charge in [-0.15, -0.1) is 5.10 Å². The molecule has 4 aromatic rings. The average molecular weight is 457 g/mol. The van der Waals surface area contributed by atoms with Crippen LogP contribution in [0, 0.1) is 5.41 Å². The number of nitrogens with one attached hydrogen (secondary N) is 1.